The molecular formula is C20H28O6. The molecule has 0 fully saturated rings. The van der Waals surface area contributed by atoms with E-state index in [-0.39, 0.29) is 12.6 Å². The number of carbonyl (C=O) groups excluding carboxylic acids is 1. The summed E-state index contributed by atoms with van der Waals surface area (Å²) in [6, 6.07) is 9.77. The highest BCUT2D eigenvalue weighted by Gasteiger charge is 2.36. The van der Waals surface area contributed by atoms with E-state index in [0.29, 0.717) is 6.61 Å². The molecule has 1 aliphatic rings. The number of benzene rings is 1. The molecule has 0 amide bonds. The van der Waals surface area contributed by atoms with E-state index in [9.17, 15) is 9.90 Å². The van der Waals surface area contributed by atoms with Crippen LogP contribution in [0.2, 0.25) is 0 Å². The number of methoxy groups -OCH3 is 1. The topological polar surface area (TPSA) is 74.2 Å². The lowest BCUT2D eigenvalue weighted by atomic mass is 9.97. The second-order valence-corrected chi connectivity index (χ2v) is 7.27. The van der Waals surface area contributed by atoms with E-state index in [1.165, 1.54) is 13.2 Å². The van der Waals surface area contributed by atoms with Gasteiger partial charge in [0.1, 0.15) is 18.3 Å². The molecule has 1 N–H and O–H groups in total. The van der Waals surface area contributed by atoms with Crippen LogP contribution in [0.3, 0.4) is 0 Å². The van der Waals surface area contributed by atoms with Crippen molar-refractivity contribution in [1.29, 1.82) is 0 Å². The lowest BCUT2D eigenvalue weighted by molar-refractivity contribution is -0.216. The largest absolute Gasteiger partial charge is 0.432 e. The molecule has 0 aromatic heterocycles. The summed E-state index contributed by atoms with van der Waals surface area (Å²) >= 11 is 0. The van der Waals surface area contributed by atoms with Crippen molar-refractivity contribution in [3.05, 3.63) is 48.0 Å². The number of aliphatic hydroxyl groups excluding tert-OH is 1. The van der Waals surface area contributed by atoms with Crippen LogP contribution < -0.4 is 0 Å². The Hall–Kier alpha value is -1.73. The molecule has 2 rings (SSSR count). The van der Waals surface area contributed by atoms with Crippen LogP contribution in [0.5, 0.6) is 0 Å². The normalized spacial score (nSPS) is 24.3. The third-order valence-electron chi connectivity index (χ3n) is 3.99. The van der Waals surface area contributed by atoms with Crippen molar-refractivity contribution < 1.29 is 28.8 Å². The molecule has 0 saturated heterocycles. The van der Waals surface area contributed by atoms with Crippen LogP contribution >= 0.6 is 0 Å². The van der Waals surface area contributed by atoms with Crippen LogP contribution in [0.1, 0.15) is 26.3 Å². The molecule has 144 valence electrons. The average molecular weight is 364 g/mol. The lowest BCUT2D eigenvalue weighted by Crippen LogP contribution is -2.47. The number of hydrogen-bond donors (Lipinski definition) is 1. The molecule has 1 aromatic rings. The zero-order chi connectivity index (χ0) is 19.2. The molecule has 26 heavy (non-hydrogen) atoms. The number of ether oxygens (including phenoxy) is 4. The maximum absolute atomic E-state index is 12.0. The molecule has 0 spiro atoms. The predicted molar refractivity (Wildman–Crippen MR) is 96.2 cm³/mol. The van der Waals surface area contributed by atoms with Gasteiger partial charge in [0.05, 0.1) is 18.6 Å². The lowest BCUT2D eigenvalue weighted by Gasteiger charge is -2.34. The van der Waals surface area contributed by atoms with Crippen LogP contribution in [-0.4, -0.2) is 49.4 Å². The van der Waals surface area contributed by atoms with Gasteiger partial charge in [-0.15, -0.1) is 0 Å². The zero-order valence-corrected chi connectivity index (χ0v) is 15.8. The van der Waals surface area contributed by atoms with E-state index in [0.717, 1.165) is 5.56 Å². The van der Waals surface area contributed by atoms with Gasteiger partial charge in [-0.2, -0.15) is 0 Å². The van der Waals surface area contributed by atoms with E-state index in [1.54, 1.807) is 26.8 Å². The number of aliphatic hydroxyl groups is 1. The van der Waals surface area contributed by atoms with Crippen molar-refractivity contribution in [3.8, 4) is 0 Å². The molecule has 1 heterocycles. The minimum absolute atomic E-state index is 0.237. The molecule has 6 heteroatoms. The Morgan fingerprint density at radius 2 is 1.92 bits per heavy atom. The van der Waals surface area contributed by atoms with Crippen molar-refractivity contribution in [3.63, 3.8) is 0 Å². The molecule has 1 aliphatic heterocycles. The van der Waals surface area contributed by atoms with Crippen molar-refractivity contribution in [2.24, 2.45) is 5.41 Å². The summed E-state index contributed by atoms with van der Waals surface area (Å²) in [5.41, 5.74) is 0.409. The smallest absolute Gasteiger partial charge is 0.313 e. The Morgan fingerprint density at radius 1 is 1.23 bits per heavy atom. The van der Waals surface area contributed by atoms with E-state index < -0.39 is 30.0 Å². The molecular weight excluding hydrogens is 336 g/mol. The molecule has 4 atom stereocenters. The molecule has 0 aliphatic carbocycles. The van der Waals surface area contributed by atoms with Gasteiger partial charge in [-0.3, -0.25) is 4.79 Å². The maximum Gasteiger partial charge on any atom is 0.313 e. The number of hydrogen-bond acceptors (Lipinski definition) is 6. The van der Waals surface area contributed by atoms with E-state index in [1.807, 2.05) is 30.3 Å². The van der Waals surface area contributed by atoms with Gasteiger partial charge in [0.15, 0.2) is 0 Å². The van der Waals surface area contributed by atoms with E-state index in [4.69, 9.17) is 18.9 Å². The van der Waals surface area contributed by atoms with Crippen LogP contribution in [0, 0.1) is 5.41 Å². The quantitative estimate of drug-likeness (QED) is 0.592. The first kappa shape index (κ1) is 20.6. The van der Waals surface area contributed by atoms with Crippen LogP contribution in [0.4, 0.5) is 0 Å². The molecule has 6 nitrogen and oxygen atoms in total. The highest BCUT2D eigenvalue weighted by atomic mass is 16.7. The SMILES string of the molecule is CO[C@H](COCc1ccccc1)[C@@H]1O[C@@H](OC(=O)C(C)(C)C)C=C[C@@H]1O. The van der Waals surface area contributed by atoms with Gasteiger partial charge in [-0.1, -0.05) is 36.4 Å². The highest BCUT2D eigenvalue weighted by Crippen LogP contribution is 2.23. The summed E-state index contributed by atoms with van der Waals surface area (Å²) in [4.78, 5) is 12.0. The Labute approximate surface area is 154 Å². The number of carbonyl (C=O) groups is 1. The average Bonchev–Trinajstić information content (AvgIpc) is 2.61. The predicted octanol–water partition coefficient (Wildman–Crippen LogP) is 2.45. The van der Waals surface area contributed by atoms with E-state index >= 15 is 0 Å². The van der Waals surface area contributed by atoms with Gasteiger partial charge >= 0.3 is 5.97 Å². The summed E-state index contributed by atoms with van der Waals surface area (Å²) < 4.78 is 22.2. The Kier molecular flexibility index (Phi) is 7.34. The van der Waals surface area contributed by atoms with Crippen molar-refractivity contribution in [1.82, 2.24) is 0 Å². The van der Waals surface area contributed by atoms with Gasteiger partial charge in [-0.05, 0) is 32.4 Å². The van der Waals surface area contributed by atoms with Gasteiger partial charge in [0, 0.05) is 7.11 Å². The first-order valence-corrected chi connectivity index (χ1v) is 8.68. The summed E-state index contributed by atoms with van der Waals surface area (Å²) in [5, 5.41) is 10.2. The minimum atomic E-state index is -0.870. The molecule has 0 bridgehead atoms. The van der Waals surface area contributed by atoms with Gasteiger partial charge in [0.2, 0.25) is 6.29 Å². The van der Waals surface area contributed by atoms with Crippen LogP contribution in [-0.2, 0) is 30.3 Å². The molecule has 0 radical (unpaired) electrons. The summed E-state index contributed by atoms with van der Waals surface area (Å²) in [6.45, 7) is 5.97. The second-order valence-electron chi connectivity index (χ2n) is 7.27. The summed E-state index contributed by atoms with van der Waals surface area (Å²) in [6.07, 6.45) is 0.153. The fourth-order valence-corrected chi connectivity index (χ4v) is 2.42. The van der Waals surface area contributed by atoms with E-state index in [2.05, 4.69) is 0 Å². The number of rotatable bonds is 7. The number of esters is 1. The van der Waals surface area contributed by atoms with Gasteiger partial charge < -0.3 is 24.1 Å². The molecule has 0 unspecified atom stereocenters. The fraction of sp³-hybridized carbons (Fsp3) is 0.550. The Morgan fingerprint density at radius 3 is 2.54 bits per heavy atom. The summed E-state index contributed by atoms with van der Waals surface area (Å²) in [7, 11) is 1.53. The Bertz CT molecular complexity index is 592. The monoisotopic (exact) mass is 364 g/mol. The minimum Gasteiger partial charge on any atom is -0.432 e. The third kappa shape index (κ3) is 5.92. The Balaban J connectivity index is 1.91. The second kappa shape index (κ2) is 9.28. The first-order valence-electron chi connectivity index (χ1n) is 8.68. The van der Waals surface area contributed by atoms with Gasteiger partial charge in [-0.25, -0.2) is 0 Å². The fourth-order valence-electron chi connectivity index (χ4n) is 2.42. The molecule has 0 saturated carbocycles. The van der Waals surface area contributed by atoms with Crippen molar-refractivity contribution in [2.75, 3.05) is 13.7 Å². The first-order chi connectivity index (χ1) is 12.3. The maximum atomic E-state index is 12.0. The van der Waals surface area contributed by atoms with Crippen LogP contribution in [0.25, 0.3) is 0 Å². The van der Waals surface area contributed by atoms with Crippen molar-refractivity contribution >= 4 is 5.97 Å². The third-order valence-corrected chi connectivity index (χ3v) is 3.99. The summed E-state index contributed by atoms with van der Waals surface area (Å²) in [5.74, 6) is -0.378. The van der Waals surface area contributed by atoms with Crippen molar-refractivity contribution in [2.45, 2.75) is 52.0 Å². The highest BCUT2D eigenvalue weighted by molar-refractivity contribution is 5.75. The zero-order valence-electron chi connectivity index (χ0n) is 15.8. The van der Waals surface area contributed by atoms with Crippen LogP contribution in [0.15, 0.2) is 42.5 Å². The molecule has 1 aromatic carbocycles. The standard InChI is InChI=1S/C20H28O6/c1-20(2,3)19(22)26-17-11-10-15(21)18(25-17)16(23-4)13-24-12-14-8-6-5-7-9-14/h5-11,15-18,21H,12-13H2,1-4H3/t15-,16+,17-,18+/m0/s1. The van der Waals surface area contributed by atoms with Gasteiger partial charge in [0.25, 0.3) is 0 Å².